The molecule has 1 aromatic rings. The highest BCUT2D eigenvalue weighted by molar-refractivity contribution is 5.41. The van der Waals surface area contributed by atoms with Crippen molar-refractivity contribution in [3.8, 4) is 5.75 Å². The molecule has 20 heavy (non-hydrogen) atoms. The molecule has 0 amide bonds. The smallest absolute Gasteiger partial charge is 0.168 e. The van der Waals surface area contributed by atoms with Gasteiger partial charge in [-0.1, -0.05) is 19.3 Å². The van der Waals surface area contributed by atoms with E-state index in [4.69, 9.17) is 10.5 Å². The Hall–Kier alpha value is -1.16. The number of halogens is 2. The summed E-state index contributed by atoms with van der Waals surface area (Å²) in [5.74, 6) is -0.516. The largest absolute Gasteiger partial charge is 0.490 e. The number of nitrogens with two attached hydrogens (primary N) is 1. The Balaban J connectivity index is 1.93. The average molecular weight is 281 g/mol. The maximum absolute atomic E-state index is 14.1. The lowest BCUT2D eigenvalue weighted by molar-refractivity contribution is 0.251. The minimum absolute atomic E-state index is 0.169. The SMILES string of the molecule is NC1(c2cc(F)cc(F)c2OCC2CC2)CCCCC1. The molecule has 0 radical (unpaired) electrons. The maximum atomic E-state index is 14.1. The molecule has 110 valence electrons. The summed E-state index contributed by atoms with van der Waals surface area (Å²) in [6, 6.07) is 2.24. The first-order chi connectivity index (χ1) is 9.58. The molecule has 0 bridgehead atoms. The second-order valence-electron chi connectivity index (χ2n) is 6.24. The van der Waals surface area contributed by atoms with Gasteiger partial charge in [-0.05, 0) is 37.7 Å². The summed E-state index contributed by atoms with van der Waals surface area (Å²) >= 11 is 0. The van der Waals surface area contributed by atoms with Crippen molar-refractivity contribution >= 4 is 0 Å². The first-order valence-electron chi connectivity index (χ1n) is 7.50. The van der Waals surface area contributed by atoms with Crippen molar-refractivity contribution in [2.75, 3.05) is 6.61 Å². The molecular weight excluding hydrogens is 260 g/mol. The summed E-state index contributed by atoms with van der Waals surface area (Å²) in [6.45, 7) is 0.506. The van der Waals surface area contributed by atoms with Crippen molar-refractivity contribution in [2.45, 2.75) is 50.5 Å². The maximum Gasteiger partial charge on any atom is 0.168 e. The van der Waals surface area contributed by atoms with Crippen LogP contribution < -0.4 is 10.5 Å². The summed E-state index contributed by atoms with van der Waals surface area (Å²) in [6.07, 6.45) is 6.91. The van der Waals surface area contributed by atoms with Gasteiger partial charge in [-0.2, -0.15) is 0 Å². The van der Waals surface area contributed by atoms with Gasteiger partial charge in [0.1, 0.15) is 5.82 Å². The van der Waals surface area contributed by atoms with Gasteiger partial charge in [-0.15, -0.1) is 0 Å². The Bertz CT molecular complexity index is 493. The van der Waals surface area contributed by atoms with Gasteiger partial charge in [0.05, 0.1) is 6.61 Å². The molecule has 0 atom stereocenters. The number of rotatable bonds is 4. The normalized spacial score (nSPS) is 21.8. The van der Waals surface area contributed by atoms with Crippen LogP contribution in [-0.2, 0) is 5.54 Å². The topological polar surface area (TPSA) is 35.2 Å². The molecule has 2 N–H and O–H groups in total. The molecule has 2 fully saturated rings. The van der Waals surface area contributed by atoms with Crippen molar-refractivity contribution in [1.82, 2.24) is 0 Å². The summed E-state index contributed by atoms with van der Waals surface area (Å²) < 4.78 is 33.3. The van der Waals surface area contributed by atoms with Crippen molar-refractivity contribution in [3.05, 3.63) is 29.3 Å². The molecule has 0 unspecified atom stereocenters. The van der Waals surface area contributed by atoms with E-state index in [1.807, 2.05) is 0 Å². The average Bonchev–Trinajstić information content (AvgIpc) is 3.22. The van der Waals surface area contributed by atoms with Crippen LogP contribution in [0.15, 0.2) is 12.1 Å². The van der Waals surface area contributed by atoms with Gasteiger partial charge in [0, 0.05) is 17.2 Å². The fourth-order valence-electron chi connectivity index (χ4n) is 3.01. The van der Waals surface area contributed by atoms with Crippen LogP contribution in [0.3, 0.4) is 0 Å². The fraction of sp³-hybridized carbons (Fsp3) is 0.625. The number of hydrogen-bond donors (Lipinski definition) is 1. The zero-order chi connectivity index (χ0) is 14.2. The van der Waals surface area contributed by atoms with E-state index in [0.29, 0.717) is 18.1 Å². The summed E-state index contributed by atoms with van der Waals surface area (Å²) in [7, 11) is 0. The van der Waals surface area contributed by atoms with Crippen LogP contribution in [0.2, 0.25) is 0 Å². The van der Waals surface area contributed by atoms with Gasteiger partial charge >= 0.3 is 0 Å². The van der Waals surface area contributed by atoms with Crippen LogP contribution >= 0.6 is 0 Å². The van der Waals surface area contributed by atoms with Gasteiger partial charge in [0.15, 0.2) is 11.6 Å². The highest BCUT2D eigenvalue weighted by Crippen LogP contribution is 2.41. The van der Waals surface area contributed by atoms with Gasteiger partial charge in [0.25, 0.3) is 0 Å². The monoisotopic (exact) mass is 281 g/mol. The van der Waals surface area contributed by atoms with Gasteiger partial charge in [0.2, 0.25) is 0 Å². The Labute approximate surface area is 118 Å². The Kier molecular flexibility index (Phi) is 3.67. The zero-order valence-electron chi connectivity index (χ0n) is 11.6. The van der Waals surface area contributed by atoms with E-state index in [2.05, 4.69) is 0 Å². The molecule has 3 rings (SSSR count). The number of hydrogen-bond acceptors (Lipinski definition) is 2. The summed E-state index contributed by atoms with van der Waals surface area (Å²) in [5.41, 5.74) is 6.28. The molecule has 0 aliphatic heterocycles. The van der Waals surface area contributed by atoms with E-state index < -0.39 is 17.2 Å². The lowest BCUT2D eigenvalue weighted by Crippen LogP contribution is -2.39. The van der Waals surface area contributed by atoms with Crippen LogP contribution in [0.4, 0.5) is 8.78 Å². The van der Waals surface area contributed by atoms with Gasteiger partial charge < -0.3 is 10.5 Å². The second kappa shape index (κ2) is 5.32. The molecule has 0 saturated heterocycles. The van der Waals surface area contributed by atoms with Crippen molar-refractivity contribution in [3.63, 3.8) is 0 Å². The molecule has 0 heterocycles. The van der Waals surface area contributed by atoms with E-state index in [1.165, 1.54) is 6.07 Å². The first kappa shape index (κ1) is 13.8. The van der Waals surface area contributed by atoms with E-state index in [1.54, 1.807) is 0 Å². The third-order valence-electron chi connectivity index (χ3n) is 4.45. The summed E-state index contributed by atoms with van der Waals surface area (Å²) in [5, 5.41) is 0. The molecular formula is C16H21F2NO. The molecule has 2 aliphatic rings. The predicted octanol–water partition coefficient (Wildman–Crippen LogP) is 3.87. The molecule has 1 aromatic carbocycles. The summed E-state index contributed by atoms with van der Waals surface area (Å²) in [4.78, 5) is 0. The highest BCUT2D eigenvalue weighted by Gasteiger charge is 2.34. The van der Waals surface area contributed by atoms with Gasteiger partial charge in [-0.3, -0.25) is 0 Å². The third kappa shape index (κ3) is 2.80. The van der Waals surface area contributed by atoms with E-state index in [9.17, 15) is 8.78 Å². The van der Waals surface area contributed by atoms with Crippen LogP contribution in [0, 0.1) is 17.6 Å². The predicted molar refractivity (Wildman–Crippen MR) is 73.5 cm³/mol. The molecule has 0 spiro atoms. The van der Waals surface area contributed by atoms with Crippen LogP contribution in [0.5, 0.6) is 5.75 Å². The van der Waals surface area contributed by atoms with Crippen molar-refractivity contribution in [2.24, 2.45) is 11.7 Å². The van der Waals surface area contributed by atoms with Crippen LogP contribution in [0.25, 0.3) is 0 Å². The lowest BCUT2D eigenvalue weighted by atomic mass is 9.77. The van der Waals surface area contributed by atoms with Gasteiger partial charge in [-0.25, -0.2) is 8.78 Å². The van der Waals surface area contributed by atoms with Crippen molar-refractivity contribution < 1.29 is 13.5 Å². The van der Waals surface area contributed by atoms with Crippen molar-refractivity contribution in [1.29, 1.82) is 0 Å². The molecule has 0 aromatic heterocycles. The van der Waals surface area contributed by atoms with Crippen LogP contribution in [0.1, 0.15) is 50.5 Å². The zero-order valence-corrected chi connectivity index (χ0v) is 11.6. The standard InChI is InChI=1S/C16H21F2NO/c17-12-8-13(16(19)6-2-1-3-7-16)15(14(18)9-12)20-10-11-4-5-11/h8-9,11H,1-7,10,19H2. The van der Waals surface area contributed by atoms with Crippen LogP contribution in [-0.4, -0.2) is 6.61 Å². The molecule has 2 aliphatic carbocycles. The Morgan fingerprint density at radius 1 is 1.15 bits per heavy atom. The van der Waals surface area contributed by atoms with E-state index in [-0.39, 0.29) is 5.75 Å². The Morgan fingerprint density at radius 3 is 2.50 bits per heavy atom. The third-order valence-corrected chi connectivity index (χ3v) is 4.45. The second-order valence-corrected chi connectivity index (χ2v) is 6.24. The molecule has 2 saturated carbocycles. The first-order valence-corrected chi connectivity index (χ1v) is 7.50. The number of ether oxygens (including phenoxy) is 1. The molecule has 2 nitrogen and oxygen atoms in total. The number of benzene rings is 1. The Morgan fingerprint density at radius 2 is 1.85 bits per heavy atom. The molecule has 4 heteroatoms. The minimum atomic E-state index is -0.653. The van der Waals surface area contributed by atoms with E-state index >= 15 is 0 Å². The lowest BCUT2D eigenvalue weighted by Gasteiger charge is -2.35. The highest BCUT2D eigenvalue weighted by atomic mass is 19.1. The minimum Gasteiger partial charge on any atom is -0.490 e. The van der Waals surface area contributed by atoms with E-state index in [0.717, 1.165) is 51.0 Å². The fourth-order valence-corrected chi connectivity index (χ4v) is 3.01. The quantitative estimate of drug-likeness (QED) is 0.909.